The number of carbonyl (C=O) groups is 1. The Morgan fingerprint density at radius 1 is 1.03 bits per heavy atom. The first-order chi connectivity index (χ1) is 13.9. The molecule has 1 heterocycles. The van der Waals surface area contributed by atoms with Crippen LogP contribution in [-0.2, 0) is 0 Å². The summed E-state index contributed by atoms with van der Waals surface area (Å²) >= 11 is 3.40. The molecule has 0 aliphatic carbocycles. The van der Waals surface area contributed by atoms with Crippen LogP contribution in [0.5, 0.6) is 0 Å². The van der Waals surface area contributed by atoms with Gasteiger partial charge in [0.1, 0.15) is 5.52 Å². The number of hydrogen-bond donors (Lipinski definition) is 2. The standard InChI is InChI=1S/C22H19BrN4O2/c1-26(2)18-10-5-15(6-11-18)22(28)24-17-8-3-14(4-9-17)21-25-19-12-7-16(23)13-20(19)27(21)29/h3-13,29H,1-2H3,(H,24,28). The number of nitrogens with one attached hydrogen (secondary N) is 1. The Morgan fingerprint density at radius 3 is 2.38 bits per heavy atom. The quantitative estimate of drug-likeness (QED) is 0.428. The maximum atomic E-state index is 12.5. The number of fused-ring (bicyclic) bond motifs is 1. The molecule has 0 saturated carbocycles. The van der Waals surface area contributed by atoms with Crippen molar-refractivity contribution in [1.29, 1.82) is 0 Å². The molecule has 6 nitrogen and oxygen atoms in total. The number of amides is 1. The highest BCUT2D eigenvalue weighted by molar-refractivity contribution is 9.10. The Labute approximate surface area is 176 Å². The molecule has 4 aromatic rings. The third-order valence-corrected chi connectivity index (χ3v) is 5.13. The highest BCUT2D eigenvalue weighted by atomic mass is 79.9. The lowest BCUT2D eigenvalue weighted by molar-refractivity contribution is 0.102. The number of imidazole rings is 1. The molecule has 0 saturated heterocycles. The second kappa shape index (κ2) is 7.60. The van der Waals surface area contributed by atoms with E-state index in [2.05, 4.69) is 26.2 Å². The number of halogens is 1. The monoisotopic (exact) mass is 450 g/mol. The van der Waals surface area contributed by atoms with Gasteiger partial charge in [-0.05, 0) is 66.7 Å². The average Bonchev–Trinajstić information content (AvgIpc) is 3.04. The summed E-state index contributed by atoms with van der Waals surface area (Å²) in [6.45, 7) is 0. The number of aromatic nitrogens is 2. The molecule has 0 atom stereocenters. The number of nitrogens with zero attached hydrogens (tertiary/aromatic N) is 3. The van der Waals surface area contributed by atoms with Gasteiger partial charge in [-0.25, -0.2) is 4.98 Å². The van der Waals surface area contributed by atoms with Crippen molar-refractivity contribution in [2.24, 2.45) is 0 Å². The number of rotatable bonds is 4. The predicted molar refractivity (Wildman–Crippen MR) is 119 cm³/mol. The molecule has 7 heteroatoms. The topological polar surface area (TPSA) is 70.4 Å². The van der Waals surface area contributed by atoms with Gasteiger partial charge in [0.25, 0.3) is 5.91 Å². The molecule has 1 amide bonds. The van der Waals surface area contributed by atoms with E-state index < -0.39 is 0 Å². The molecule has 146 valence electrons. The van der Waals surface area contributed by atoms with Crippen molar-refractivity contribution < 1.29 is 10.0 Å². The lowest BCUT2D eigenvalue weighted by atomic mass is 10.1. The van der Waals surface area contributed by atoms with Crippen LogP contribution in [0.25, 0.3) is 22.4 Å². The van der Waals surface area contributed by atoms with E-state index in [0.717, 1.165) is 20.5 Å². The lowest BCUT2D eigenvalue weighted by Gasteiger charge is -2.12. The van der Waals surface area contributed by atoms with E-state index in [4.69, 9.17) is 0 Å². The van der Waals surface area contributed by atoms with Crippen molar-refractivity contribution in [3.63, 3.8) is 0 Å². The summed E-state index contributed by atoms with van der Waals surface area (Å²) in [6, 6.07) is 20.1. The first-order valence-electron chi connectivity index (χ1n) is 8.99. The van der Waals surface area contributed by atoms with Crippen LogP contribution in [0.4, 0.5) is 11.4 Å². The molecule has 3 aromatic carbocycles. The summed E-state index contributed by atoms with van der Waals surface area (Å²) in [6.07, 6.45) is 0. The van der Waals surface area contributed by atoms with Crippen LogP contribution in [0.1, 0.15) is 10.4 Å². The second-order valence-electron chi connectivity index (χ2n) is 6.85. The van der Waals surface area contributed by atoms with Crippen LogP contribution >= 0.6 is 15.9 Å². The first-order valence-corrected chi connectivity index (χ1v) is 9.78. The average molecular weight is 451 g/mol. The fraction of sp³-hybridized carbons (Fsp3) is 0.0909. The summed E-state index contributed by atoms with van der Waals surface area (Å²) in [4.78, 5) is 18.9. The molecule has 0 radical (unpaired) electrons. The number of carbonyl (C=O) groups excluding carboxylic acids is 1. The van der Waals surface area contributed by atoms with Crippen LogP contribution in [-0.4, -0.2) is 34.9 Å². The molecule has 0 aliphatic rings. The smallest absolute Gasteiger partial charge is 0.255 e. The molecule has 0 aliphatic heterocycles. The second-order valence-corrected chi connectivity index (χ2v) is 7.77. The van der Waals surface area contributed by atoms with E-state index in [9.17, 15) is 10.0 Å². The van der Waals surface area contributed by atoms with Gasteiger partial charge >= 0.3 is 0 Å². The maximum absolute atomic E-state index is 12.5. The number of hydrogen-bond acceptors (Lipinski definition) is 4. The highest BCUT2D eigenvalue weighted by Gasteiger charge is 2.13. The molecule has 0 unspecified atom stereocenters. The fourth-order valence-corrected chi connectivity index (χ4v) is 3.39. The minimum Gasteiger partial charge on any atom is -0.426 e. The van der Waals surface area contributed by atoms with Crippen molar-refractivity contribution in [1.82, 2.24) is 9.71 Å². The van der Waals surface area contributed by atoms with Crippen LogP contribution in [0, 0.1) is 0 Å². The molecule has 2 N–H and O–H groups in total. The number of benzene rings is 3. The van der Waals surface area contributed by atoms with Crippen LogP contribution in [0.2, 0.25) is 0 Å². The highest BCUT2D eigenvalue weighted by Crippen LogP contribution is 2.26. The SMILES string of the molecule is CN(C)c1ccc(C(=O)Nc2ccc(-c3nc4ccc(Br)cc4n3O)cc2)cc1. The first kappa shape index (κ1) is 19.0. The van der Waals surface area contributed by atoms with Gasteiger partial charge in [-0.2, -0.15) is 4.73 Å². The summed E-state index contributed by atoms with van der Waals surface area (Å²) < 4.78 is 1.93. The Balaban J connectivity index is 1.53. The van der Waals surface area contributed by atoms with Gasteiger partial charge in [0.05, 0.1) is 5.52 Å². The van der Waals surface area contributed by atoms with Gasteiger partial charge in [0, 0.05) is 41.1 Å². The van der Waals surface area contributed by atoms with Crippen molar-refractivity contribution in [3.05, 3.63) is 76.8 Å². The molecule has 29 heavy (non-hydrogen) atoms. The van der Waals surface area contributed by atoms with Crippen LogP contribution in [0.3, 0.4) is 0 Å². The van der Waals surface area contributed by atoms with E-state index in [1.165, 1.54) is 0 Å². The third kappa shape index (κ3) is 3.82. The maximum Gasteiger partial charge on any atom is 0.255 e. The molecule has 0 fully saturated rings. The molecule has 0 bridgehead atoms. The predicted octanol–water partition coefficient (Wildman–Crippen LogP) is 5.02. The zero-order chi connectivity index (χ0) is 20.5. The van der Waals surface area contributed by atoms with Crippen LogP contribution < -0.4 is 10.2 Å². The zero-order valence-electron chi connectivity index (χ0n) is 15.9. The number of anilines is 2. The Bertz CT molecular complexity index is 1180. The van der Waals surface area contributed by atoms with Gasteiger partial charge in [-0.3, -0.25) is 4.79 Å². The Morgan fingerprint density at radius 2 is 1.72 bits per heavy atom. The normalized spacial score (nSPS) is 10.9. The minimum absolute atomic E-state index is 0.178. The molecule has 4 rings (SSSR count). The molecular weight excluding hydrogens is 432 g/mol. The molecule has 1 aromatic heterocycles. The molecular formula is C22H19BrN4O2. The van der Waals surface area contributed by atoms with E-state index in [0.29, 0.717) is 28.1 Å². The van der Waals surface area contributed by atoms with Gasteiger partial charge in [0.15, 0.2) is 5.82 Å². The molecule has 0 spiro atoms. The van der Waals surface area contributed by atoms with E-state index in [1.807, 2.05) is 61.5 Å². The minimum atomic E-state index is -0.178. The van der Waals surface area contributed by atoms with Gasteiger partial charge in [0.2, 0.25) is 0 Å². The van der Waals surface area contributed by atoms with Crippen molar-refractivity contribution in [2.75, 3.05) is 24.3 Å². The Kier molecular flexibility index (Phi) is 4.98. The summed E-state index contributed by atoms with van der Waals surface area (Å²) in [5.74, 6) is 0.262. The Hall–Kier alpha value is -3.32. The zero-order valence-corrected chi connectivity index (χ0v) is 17.5. The largest absolute Gasteiger partial charge is 0.426 e. The van der Waals surface area contributed by atoms with Crippen molar-refractivity contribution >= 4 is 44.2 Å². The van der Waals surface area contributed by atoms with E-state index in [-0.39, 0.29) is 5.91 Å². The van der Waals surface area contributed by atoms with E-state index in [1.54, 1.807) is 24.3 Å². The van der Waals surface area contributed by atoms with E-state index >= 15 is 0 Å². The fourth-order valence-electron chi connectivity index (χ4n) is 3.04. The summed E-state index contributed by atoms with van der Waals surface area (Å²) in [7, 11) is 3.91. The third-order valence-electron chi connectivity index (χ3n) is 4.64. The van der Waals surface area contributed by atoms with Gasteiger partial charge < -0.3 is 15.4 Å². The van der Waals surface area contributed by atoms with Crippen LogP contribution in [0.15, 0.2) is 71.2 Å². The van der Waals surface area contributed by atoms with Crippen molar-refractivity contribution in [3.8, 4) is 11.4 Å². The summed E-state index contributed by atoms with van der Waals surface area (Å²) in [5, 5.41) is 13.3. The van der Waals surface area contributed by atoms with Gasteiger partial charge in [-0.1, -0.05) is 15.9 Å². The van der Waals surface area contributed by atoms with Gasteiger partial charge in [-0.15, -0.1) is 0 Å². The lowest BCUT2D eigenvalue weighted by Crippen LogP contribution is -2.13. The van der Waals surface area contributed by atoms with Crippen molar-refractivity contribution in [2.45, 2.75) is 0 Å². The summed E-state index contributed by atoms with van der Waals surface area (Å²) in [5.41, 5.74) is 4.34.